The quantitative estimate of drug-likeness (QED) is 0.227. The number of hydrogen-bond acceptors (Lipinski definition) is 6. The van der Waals surface area contributed by atoms with Gasteiger partial charge in [0.1, 0.15) is 5.75 Å². The van der Waals surface area contributed by atoms with Gasteiger partial charge in [0.25, 0.3) is 5.56 Å². The average molecular weight is 545 g/mol. The van der Waals surface area contributed by atoms with Gasteiger partial charge < -0.3 is 4.74 Å². The molecular formula is C27H27Cl2N3O3S. The molecule has 0 bridgehead atoms. The van der Waals surface area contributed by atoms with Crippen LogP contribution in [-0.2, 0) is 15.6 Å². The molecule has 0 fully saturated rings. The maximum atomic E-state index is 13.2. The lowest BCUT2D eigenvalue weighted by molar-refractivity contribution is -0.132. The summed E-state index contributed by atoms with van der Waals surface area (Å²) in [5.41, 5.74) is 2.36. The number of aromatic nitrogens is 3. The van der Waals surface area contributed by atoms with Crippen LogP contribution in [0.3, 0.4) is 0 Å². The van der Waals surface area contributed by atoms with E-state index in [1.165, 1.54) is 22.8 Å². The first-order valence-corrected chi connectivity index (χ1v) is 13.0. The van der Waals surface area contributed by atoms with Gasteiger partial charge >= 0.3 is 5.97 Å². The summed E-state index contributed by atoms with van der Waals surface area (Å²) in [6.07, 6.45) is 1.83. The molecule has 0 saturated heterocycles. The van der Waals surface area contributed by atoms with Gasteiger partial charge in [-0.15, -0.1) is 5.10 Å². The Labute approximate surface area is 223 Å². The fraction of sp³-hybridized carbons (Fsp3) is 0.333. The van der Waals surface area contributed by atoms with Crippen molar-refractivity contribution in [2.75, 3.05) is 0 Å². The SMILES string of the molecule is CC(=O)Oc1c(C(C)(C)C)cc(/C=c2\sc3nc(-c4ccc(Cl)cc4Cl)nn3c2=O)cc1C(C)(C)C. The number of nitrogens with zero attached hydrogens (tertiary/aromatic N) is 3. The molecular weight excluding hydrogens is 517 g/mol. The summed E-state index contributed by atoms with van der Waals surface area (Å²) >= 11 is 13.5. The van der Waals surface area contributed by atoms with Crippen LogP contribution in [-0.4, -0.2) is 20.6 Å². The Kier molecular flexibility index (Phi) is 6.79. The van der Waals surface area contributed by atoms with Gasteiger partial charge in [-0.25, -0.2) is 0 Å². The highest BCUT2D eigenvalue weighted by molar-refractivity contribution is 7.15. The van der Waals surface area contributed by atoms with Crippen LogP contribution in [0.4, 0.5) is 0 Å². The third kappa shape index (κ3) is 5.19. The van der Waals surface area contributed by atoms with Gasteiger partial charge in [-0.05, 0) is 52.8 Å². The Bertz CT molecular complexity index is 1570. The molecule has 4 rings (SSSR count). The summed E-state index contributed by atoms with van der Waals surface area (Å²) in [6, 6.07) is 9.00. The summed E-state index contributed by atoms with van der Waals surface area (Å²) in [4.78, 5) is 30.1. The Hall–Kier alpha value is -2.74. The van der Waals surface area contributed by atoms with Crippen molar-refractivity contribution >= 4 is 51.5 Å². The lowest BCUT2D eigenvalue weighted by atomic mass is 9.78. The van der Waals surface area contributed by atoms with Gasteiger partial charge in [0.05, 0.1) is 9.55 Å². The fourth-order valence-electron chi connectivity index (χ4n) is 3.87. The van der Waals surface area contributed by atoms with Crippen molar-refractivity contribution in [2.45, 2.75) is 59.3 Å². The fourth-order valence-corrected chi connectivity index (χ4v) is 5.27. The molecule has 0 aliphatic rings. The Morgan fingerprint density at radius 1 is 1.03 bits per heavy atom. The van der Waals surface area contributed by atoms with Crippen molar-refractivity contribution in [2.24, 2.45) is 0 Å². The molecule has 0 unspecified atom stereocenters. The number of ether oxygens (including phenoxy) is 1. The zero-order chi connectivity index (χ0) is 26.6. The van der Waals surface area contributed by atoms with E-state index in [1.807, 2.05) is 18.2 Å². The van der Waals surface area contributed by atoms with E-state index < -0.39 is 0 Å². The first kappa shape index (κ1) is 26.3. The summed E-state index contributed by atoms with van der Waals surface area (Å²) < 4.78 is 7.50. The molecule has 9 heteroatoms. The molecule has 4 aromatic rings. The summed E-state index contributed by atoms with van der Waals surface area (Å²) in [5.74, 6) is 0.572. The molecule has 0 spiro atoms. The van der Waals surface area contributed by atoms with Gasteiger partial charge in [0, 0.05) is 28.6 Å². The first-order chi connectivity index (χ1) is 16.6. The minimum atomic E-state index is -0.369. The van der Waals surface area contributed by atoms with Crippen LogP contribution >= 0.6 is 34.5 Å². The standard InChI is InChI=1S/C27H27Cl2N3O3S/c1-14(33)35-22-18(26(2,3)4)10-15(11-19(22)27(5,6)7)12-21-24(34)32-25(36-21)30-23(31-32)17-9-8-16(28)13-20(17)29/h8-13H,1-7H3/b21-12-. The smallest absolute Gasteiger partial charge is 0.308 e. The molecule has 0 aliphatic carbocycles. The highest BCUT2D eigenvalue weighted by Gasteiger charge is 2.28. The predicted octanol–water partition coefficient (Wildman–Crippen LogP) is 6.19. The molecule has 6 nitrogen and oxygen atoms in total. The highest BCUT2D eigenvalue weighted by atomic mass is 35.5. The third-order valence-corrected chi connectivity index (χ3v) is 7.13. The normalized spacial score (nSPS) is 13.0. The van der Waals surface area contributed by atoms with Crippen LogP contribution in [0, 0.1) is 0 Å². The Morgan fingerprint density at radius 2 is 1.64 bits per heavy atom. The molecule has 0 saturated carbocycles. The second-order valence-electron chi connectivity index (χ2n) is 10.7. The van der Waals surface area contributed by atoms with Crippen molar-refractivity contribution in [3.05, 3.63) is 72.0 Å². The van der Waals surface area contributed by atoms with E-state index in [0.29, 0.717) is 36.7 Å². The number of hydrogen-bond donors (Lipinski definition) is 0. The first-order valence-electron chi connectivity index (χ1n) is 11.4. The van der Waals surface area contributed by atoms with Gasteiger partial charge in [-0.2, -0.15) is 9.50 Å². The largest absolute Gasteiger partial charge is 0.426 e. The highest BCUT2D eigenvalue weighted by Crippen LogP contribution is 2.41. The van der Waals surface area contributed by atoms with E-state index in [-0.39, 0.29) is 22.4 Å². The molecule has 0 atom stereocenters. The van der Waals surface area contributed by atoms with Crippen molar-refractivity contribution in [3.63, 3.8) is 0 Å². The van der Waals surface area contributed by atoms with E-state index >= 15 is 0 Å². The van der Waals surface area contributed by atoms with Crippen LogP contribution in [0.25, 0.3) is 22.4 Å². The number of esters is 1. The lowest BCUT2D eigenvalue weighted by Crippen LogP contribution is -2.24. The van der Waals surface area contributed by atoms with Gasteiger partial charge in [-0.3, -0.25) is 9.59 Å². The monoisotopic (exact) mass is 543 g/mol. The number of carbonyl (C=O) groups excluding carboxylic acids is 1. The van der Waals surface area contributed by atoms with E-state index in [9.17, 15) is 9.59 Å². The molecule has 2 aromatic heterocycles. The average Bonchev–Trinajstić information content (AvgIpc) is 3.26. The van der Waals surface area contributed by atoms with E-state index in [0.717, 1.165) is 16.7 Å². The topological polar surface area (TPSA) is 73.6 Å². The molecule has 0 N–H and O–H groups in total. The lowest BCUT2D eigenvalue weighted by Gasteiger charge is -2.29. The van der Waals surface area contributed by atoms with Crippen LogP contribution < -0.4 is 14.8 Å². The van der Waals surface area contributed by atoms with Gasteiger partial charge in [0.2, 0.25) is 4.96 Å². The minimum Gasteiger partial charge on any atom is -0.426 e. The zero-order valence-corrected chi connectivity index (χ0v) is 23.5. The third-order valence-electron chi connectivity index (χ3n) is 5.62. The van der Waals surface area contributed by atoms with Crippen LogP contribution in [0.15, 0.2) is 35.1 Å². The van der Waals surface area contributed by atoms with Crippen LogP contribution in [0.5, 0.6) is 5.75 Å². The Morgan fingerprint density at radius 3 is 2.14 bits per heavy atom. The number of carbonyl (C=O) groups is 1. The van der Waals surface area contributed by atoms with Gasteiger partial charge in [0.15, 0.2) is 5.82 Å². The van der Waals surface area contributed by atoms with Crippen LogP contribution in [0.1, 0.15) is 65.2 Å². The maximum absolute atomic E-state index is 13.2. The van der Waals surface area contributed by atoms with Gasteiger partial charge in [-0.1, -0.05) is 76.1 Å². The number of rotatable bonds is 3. The second-order valence-corrected chi connectivity index (χ2v) is 12.6. The number of fused-ring (bicyclic) bond motifs is 1. The van der Waals surface area contributed by atoms with Crippen molar-refractivity contribution < 1.29 is 9.53 Å². The molecule has 0 amide bonds. The number of benzene rings is 2. The maximum Gasteiger partial charge on any atom is 0.308 e. The minimum absolute atomic E-state index is 0.266. The summed E-state index contributed by atoms with van der Waals surface area (Å²) in [5, 5.41) is 5.32. The number of thiazole rings is 1. The summed E-state index contributed by atoms with van der Waals surface area (Å²) in [7, 11) is 0. The summed E-state index contributed by atoms with van der Waals surface area (Å²) in [6.45, 7) is 13.8. The zero-order valence-electron chi connectivity index (χ0n) is 21.2. The molecule has 0 radical (unpaired) electrons. The molecule has 2 heterocycles. The predicted molar refractivity (Wildman–Crippen MR) is 147 cm³/mol. The van der Waals surface area contributed by atoms with Crippen molar-refractivity contribution in [1.82, 2.24) is 14.6 Å². The van der Waals surface area contributed by atoms with Crippen molar-refractivity contribution in [1.29, 1.82) is 0 Å². The van der Waals surface area contributed by atoms with Crippen molar-refractivity contribution in [3.8, 4) is 17.1 Å². The molecule has 0 aliphatic heterocycles. The van der Waals surface area contributed by atoms with E-state index in [1.54, 1.807) is 18.2 Å². The number of halogens is 2. The molecule has 2 aromatic carbocycles. The second kappa shape index (κ2) is 9.29. The van der Waals surface area contributed by atoms with E-state index in [4.69, 9.17) is 27.9 Å². The molecule has 188 valence electrons. The van der Waals surface area contributed by atoms with Crippen LogP contribution in [0.2, 0.25) is 10.0 Å². The Balaban J connectivity index is 1.89. The molecule has 36 heavy (non-hydrogen) atoms. The van der Waals surface area contributed by atoms with E-state index in [2.05, 4.69) is 51.6 Å².